The van der Waals surface area contributed by atoms with Crippen LogP contribution in [0.1, 0.15) is 26.3 Å². The standard InChI is InChI=1S/2C22H16BrN3O3S/c1-28-20(27)15-8-5-9-16(12-15)25-18-13-17(10-11-24-18)29-21-19(26-22(23)30-21)14-6-3-2-4-7-14;1-13-16(20(27)28)8-5-9-17(13)25-18-12-15(10-11-24-18)29-21-19(26-22(23)30-21)14-6-3-2-4-7-14/h2-13H,1H3,(H,24,25);2-12H,1H3,(H,24,25)(H,27,28). The molecule has 0 fully saturated rings. The second kappa shape index (κ2) is 19.5. The maximum atomic E-state index is 11.7. The van der Waals surface area contributed by atoms with Gasteiger partial charge in [-0.1, -0.05) is 95.5 Å². The van der Waals surface area contributed by atoms with Crippen molar-refractivity contribution in [2.45, 2.75) is 6.92 Å². The number of methoxy groups -OCH3 is 1. The molecule has 3 N–H and O–H groups in total. The number of aromatic carboxylic acids is 1. The van der Waals surface area contributed by atoms with Crippen molar-refractivity contribution >= 4 is 89.5 Å². The summed E-state index contributed by atoms with van der Waals surface area (Å²) in [7, 11) is 1.35. The van der Waals surface area contributed by atoms with Gasteiger partial charge in [-0.05, 0) is 86.8 Å². The topological polar surface area (TPSA) is 158 Å². The fourth-order valence-corrected chi connectivity index (χ4v) is 8.30. The molecule has 16 heteroatoms. The number of esters is 1. The number of thiazole rings is 2. The van der Waals surface area contributed by atoms with Gasteiger partial charge in [0.25, 0.3) is 0 Å². The Balaban J connectivity index is 0.000000181. The highest BCUT2D eigenvalue weighted by Gasteiger charge is 2.17. The van der Waals surface area contributed by atoms with Crippen LogP contribution in [0, 0.1) is 6.92 Å². The summed E-state index contributed by atoms with van der Waals surface area (Å²) in [4.78, 5) is 40.8. The molecule has 4 aromatic heterocycles. The van der Waals surface area contributed by atoms with Crippen molar-refractivity contribution in [1.29, 1.82) is 0 Å². The van der Waals surface area contributed by atoms with Gasteiger partial charge in [-0.3, -0.25) is 0 Å². The molecular weight excluding hydrogens is 932 g/mol. The summed E-state index contributed by atoms with van der Waals surface area (Å²) in [6.07, 6.45) is 3.28. The molecule has 12 nitrogen and oxygen atoms in total. The first-order valence-corrected chi connectivity index (χ1v) is 21.1. The number of carbonyl (C=O) groups excluding carboxylic acids is 1. The number of carboxylic acids is 1. The summed E-state index contributed by atoms with van der Waals surface area (Å²) in [6.45, 7) is 1.76. The SMILES string of the molecule is COC(=O)c1cccc(Nc2cc(Oc3sc(Br)nc3-c3ccccc3)ccn2)c1.Cc1c(Nc2cc(Oc3sc(Br)nc3-c3ccccc3)ccn2)cccc1C(=O)O. The van der Waals surface area contributed by atoms with Gasteiger partial charge in [-0.15, -0.1) is 0 Å². The van der Waals surface area contributed by atoms with Gasteiger partial charge in [0.15, 0.2) is 7.83 Å². The Labute approximate surface area is 369 Å². The number of pyridine rings is 2. The minimum absolute atomic E-state index is 0.245. The number of nitrogens with zero attached hydrogens (tertiary/aromatic N) is 4. The molecular formula is C44H32Br2N6O6S2. The average molecular weight is 965 g/mol. The number of halogens is 2. The van der Waals surface area contributed by atoms with Gasteiger partial charge in [0.1, 0.15) is 34.5 Å². The first-order chi connectivity index (χ1) is 29.1. The van der Waals surface area contributed by atoms with E-state index in [9.17, 15) is 14.7 Å². The molecule has 0 saturated carbocycles. The van der Waals surface area contributed by atoms with Crippen LogP contribution < -0.4 is 20.1 Å². The van der Waals surface area contributed by atoms with E-state index in [0.717, 1.165) is 30.3 Å². The zero-order valence-corrected chi connectivity index (χ0v) is 36.4. The van der Waals surface area contributed by atoms with E-state index < -0.39 is 11.9 Å². The first kappa shape index (κ1) is 41.7. The van der Waals surface area contributed by atoms with Crippen LogP contribution in [-0.2, 0) is 4.74 Å². The summed E-state index contributed by atoms with van der Waals surface area (Å²) in [5.74, 6) is 0.971. The van der Waals surface area contributed by atoms with Crippen molar-refractivity contribution in [3.63, 3.8) is 0 Å². The molecule has 0 aliphatic carbocycles. The number of benzene rings is 4. The number of aromatic nitrogens is 4. The van der Waals surface area contributed by atoms with E-state index in [-0.39, 0.29) is 5.56 Å². The highest BCUT2D eigenvalue weighted by Crippen LogP contribution is 2.42. The van der Waals surface area contributed by atoms with Crippen LogP contribution in [0.3, 0.4) is 0 Å². The van der Waals surface area contributed by atoms with Crippen molar-refractivity contribution in [3.05, 3.63) is 164 Å². The number of nitrogens with one attached hydrogen (secondary N) is 2. The zero-order valence-electron chi connectivity index (χ0n) is 31.6. The van der Waals surface area contributed by atoms with Crippen molar-refractivity contribution in [2.24, 2.45) is 0 Å². The molecule has 0 atom stereocenters. The minimum atomic E-state index is -0.967. The number of hydrogen-bond acceptors (Lipinski definition) is 13. The molecule has 60 heavy (non-hydrogen) atoms. The molecule has 0 aliphatic rings. The summed E-state index contributed by atoms with van der Waals surface area (Å²) in [5.41, 5.74) is 6.18. The molecule has 8 rings (SSSR count). The number of anilines is 4. The Morgan fingerprint density at radius 1 is 0.650 bits per heavy atom. The maximum Gasteiger partial charge on any atom is 0.337 e. The molecule has 4 heterocycles. The molecule has 8 aromatic rings. The van der Waals surface area contributed by atoms with E-state index in [1.165, 1.54) is 29.8 Å². The molecule has 0 unspecified atom stereocenters. The molecule has 0 spiro atoms. The molecule has 0 amide bonds. The van der Waals surface area contributed by atoms with E-state index in [4.69, 9.17) is 14.2 Å². The number of carboxylic acid groups (broad SMARTS) is 1. The lowest BCUT2D eigenvalue weighted by Crippen LogP contribution is -2.03. The number of carbonyl (C=O) groups is 2. The molecule has 300 valence electrons. The predicted molar refractivity (Wildman–Crippen MR) is 242 cm³/mol. The normalized spacial score (nSPS) is 10.5. The van der Waals surface area contributed by atoms with Crippen LogP contribution >= 0.6 is 54.5 Å². The molecule has 0 bridgehead atoms. The highest BCUT2D eigenvalue weighted by molar-refractivity contribution is 9.11. The maximum absolute atomic E-state index is 11.7. The van der Waals surface area contributed by atoms with Crippen LogP contribution in [0.4, 0.5) is 23.0 Å². The largest absolute Gasteiger partial charge is 0.478 e. The fourth-order valence-electron chi connectivity index (χ4n) is 5.69. The van der Waals surface area contributed by atoms with Crippen molar-refractivity contribution in [1.82, 2.24) is 19.9 Å². The number of hydrogen-bond donors (Lipinski definition) is 3. The van der Waals surface area contributed by atoms with Crippen LogP contribution in [-0.4, -0.2) is 44.1 Å². The van der Waals surface area contributed by atoms with E-state index in [0.29, 0.717) is 55.8 Å². The Bertz CT molecular complexity index is 2770. The Morgan fingerprint density at radius 2 is 1.18 bits per heavy atom. The second-order valence-electron chi connectivity index (χ2n) is 12.5. The van der Waals surface area contributed by atoms with Gasteiger partial charge in [-0.25, -0.2) is 29.5 Å². The van der Waals surface area contributed by atoms with Crippen LogP contribution in [0.5, 0.6) is 21.6 Å². The third-order valence-electron chi connectivity index (χ3n) is 8.50. The van der Waals surface area contributed by atoms with E-state index in [1.54, 1.807) is 73.9 Å². The first-order valence-electron chi connectivity index (χ1n) is 17.9. The summed E-state index contributed by atoms with van der Waals surface area (Å²) in [6, 6.07) is 38.8. The lowest BCUT2D eigenvalue weighted by Gasteiger charge is -2.12. The number of ether oxygens (including phenoxy) is 3. The highest BCUT2D eigenvalue weighted by atomic mass is 79.9. The van der Waals surface area contributed by atoms with Gasteiger partial charge in [0.2, 0.25) is 10.1 Å². The van der Waals surface area contributed by atoms with Crippen molar-refractivity contribution in [2.75, 3.05) is 17.7 Å². The fraction of sp³-hybridized carbons (Fsp3) is 0.0455. The summed E-state index contributed by atoms with van der Waals surface area (Å²) in [5, 5.41) is 17.0. The minimum Gasteiger partial charge on any atom is -0.478 e. The van der Waals surface area contributed by atoms with Crippen molar-refractivity contribution in [3.8, 4) is 44.1 Å². The Hall–Kier alpha value is -6.46. The van der Waals surface area contributed by atoms with E-state index in [1.807, 2.05) is 72.8 Å². The predicted octanol–water partition coefficient (Wildman–Crippen LogP) is 12.8. The molecule has 0 radical (unpaired) electrons. The van der Waals surface area contributed by atoms with Crippen LogP contribution in [0.15, 0.2) is 148 Å². The van der Waals surface area contributed by atoms with Crippen molar-refractivity contribution < 1.29 is 28.9 Å². The third-order valence-corrected chi connectivity index (χ3v) is 11.3. The Morgan fingerprint density at radius 3 is 1.72 bits per heavy atom. The van der Waals surface area contributed by atoms with Gasteiger partial charge < -0.3 is 30.0 Å². The smallest absolute Gasteiger partial charge is 0.337 e. The van der Waals surface area contributed by atoms with Crippen LogP contribution in [0.2, 0.25) is 0 Å². The lowest BCUT2D eigenvalue weighted by molar-refractivity contribution is 0.0599. The number of rotatable bonds is 12. The lowest BCUT2D eigenvalue weighted by atomic mass is 10.1. The second-order valence-corrected chi connectivity index (χ2v) is 17.0. The quantitative estimate of drug-likeness (QED) is 0.0997. The van der Waals surface area contributed by atoms with Crippen LogP contribution in [0.25, 0.3) is 22.5 Å². The monoisotopic (exact) mass is 962 g/mol. The van der Waals surface area contributed by atoms with E-state index in [2.05, 4.69) is 62.4 Å². The summed E-state index contributed by atoms with van der Waals surface area (Å²) >= 11 is 9.69. The summed E-state index contributed by atoms with van der Waals surface area (Å²) < 4.78 is 18.5. The van der Waals surface area contributed by atoms with Gasteiger partial charge in [0.05, 0.1) is 18.2 Å². The van der Waals surface area contributed by atoms with Gasteiger partial charge in [-0.2, -0.15) is 0 Å². The Kier molecular flexibility index (Phi) is 13.6. The molecule has 0 saturated heterocycles. The third kappa shape index (κ3) is 10.6. The molecule has 4 aromatic carbocycles. The molecule has 0 aliphatic heterocycles. The average Bonchev–Trinajstić information content (AvgIpc) is 3.82. The van der Waals surface area contributed by atoms with Gasteiger partial charge >= 0.3 is 11.9 Å². The van der Waals surface area contributed by atoms with Gasteiger partial charge in [0, 0.05) is 47.0 Å². The zero-order chi connectivity index (χ0) is 42.0. The van der Waals surface area contributed by atoms with E-state index >= 15 is 0 Å².